The molecule has 14 heteroatoms. The number of anilines is 3. The van der Waals surface area contributed by atoms with E-state index in [1.165, 1.54) is 18.3 Å². The highest BCUT2D eigenvalue weighted by atomic mass is 35.5. The van der Waals surface area contributed by atoms with Gasteiger partial charge in [-0.15, -0.1) is 12.4 Å². The maximum atomic E-state index is 13.4. The van der Waals surface area contributed by atoms with E-state index >= 15 is 0 Å². The van der Waals surface area contributed by atoms with Crippen molar-refractivity contribution in [2.45, 2.75) is 156 Å². The summed E-state index contributed by atoms with van der Waals surface area (Å²) in [6, 6.07) is 14.0. The average molecular weight is 1110 g/mol. The molecule has 7 rings (SSSR count). The number of nitrogens with one attached hydrogen (secondary N) is 3. The molecule has 0 unspecified atom stereocenters. The number of halogens is 1. The van der Waals surface area contributed by atoms with E-state index in [1.54, 1.807) is 36.4 Å². The number of hydrogen-bond acceptors (Lipinski definition) is 9. The highest BCUT2D eigenvalue weighted by molar-refractivity contribution is 6.06. The molecule has 5 aromatic carbocycles. The van der Waals surface area contributed by atoms with Crippen LogP contribution in [-0.2, 0) is 32.5 Å². The molecule has 410 valence electrons. The van der Waals surface area contributed by atoms with E-state index in [4.69, 9.17) is 79.6 Å². The van der Waals surface area contributed by atoms with Crippen molar-refractivity contribution in [1.29, 1.82) is 0 Å². The third-order valence-electron chi connectivity index (χ3n) is 10.5. The van der Waals surface area contributed by atoms with Crippen LogP contribution in [0.25, 0.3) is 21.8 Å². The van der Waals surface area contributed by atoms with Crippen LogP contribution >= 0.6 is 12.4 Å². The highest BCUT2D eigenvalue weighted by Crippen LogP contribution is 2.41. The lowest BCUT2D eigenvalue weighted by Crippen LogP contribution is -2.25. The van der Waals surface area contributed by atoms with E-state index in [0.717, 1.165) is 20.0 Å². The summed E-state index contributed by atoms with van der Waals surface area (Å²) in [5.41, 5.74) is -18.1. The van der Waals surface area contributed by atoms with Crippen molar-refractivity contribution in [3.8, 4) is 17.2 Å². The van der Waals surface area contributed by atoms with Gasteiger partial charge in [0.2, 0.25) is 10.9 Å². The van der Waals surface area contributed by atoms with Crippen molar-refractivity contribution in [2.75, 3.05) is 16.8 Å². The normalized spacial score (nSPS) is 23.4. The Bertz CT molecular complexity index is 4990. The molecule has 0 aliphatic carbocycles. The summed E-state index contributed by atoms with van der Waals surface area (Å²) < 4.78 is 361. The third-order valence-corrected chi connectivity index (χ3v) is 10.5. The van der Waals surface area contributed by atoms with E-state index in [2.05, 4.69) is 15.3 Å². The molecule has 2 aromatic heterocycles. The zero-order valence-electron chi connectivity index (χ0n) is 86.1. The number of carbonyl (C=O) groups excluding carboxylic acids is 1. The molecule has 0 atom stereocenters. The molecule has 7 aromatic rings. The summed E-state index contributed by atoms with van der Waals surface area (Å²) in [6.07, 6.45) is 2.25. The number of phenols is 3. The lowest BCUT2D eigenvalue weighted by atomic mass is 9.79. The number of fused-ring (bicyclic) bond motifs is 2. The van der Waals surface area contributed by atoms with Crippen LogP contribution in [0.1, 0.15) is 241 Å². The predicted octanol–water partition coefficient (Wildman–Crippen LogP) is 13.9. The molecule has 13 nitrogen and oxygen atoms in total. The number of carbonyl (C=O) groups is 2. The Hall–Kier alpha value is -7.25. The lowest BCUT2D eigenvalue weighted by Gasteiger charge is -2.28. The number of H-pyrrole nitrogens is 2. The molecule has 0 saturated heterocycles. The van der Waals surface area contributed by atoms with Crippen LogP contribution in [0.4, 0.5) is 17.1 Å². The minimum Gasteiger partial charge on any atom is -0.508 e. The average Bonchev–Trinajstić information content (AvgIpc) is 0.700. The molecule has 76 heavy (non-hydrogen) atoms. The number of aromatic nitrogens is 2. The maximum Gasteiger partial charge on any atom is 0.341 e. The lowest BCUT2D eigenvalue weighted by molar-refractivity contribution is 0.0695. The molecule has 0 fully saturated rings. The summed E-state index contributed by atoms with van der Waals surface area (Å²) in [4.78, 5) is 54.1. The number of carboxylic acids is 1. The monoisotopic (exact) mass is 1110 g/mol. The summed E-state index contributed by atoms with van der Waals surface area (Å²) >= 11 is 0. The van der Waals surface area contributed by atoms with Gasteiger partial charge in [0.25, 0.3) is 5.91 Å². The minimum atomic E-state index is -3.90. The summed E-state index contributed by atoms with van der Waals surface area (Å²) in [5.74, 6) is -6.29. The number of amides is 1. The number of aromatic hydroxyl groups is 3. The van der Waals surface area contributed by atoms with Crippen LogP contribution in [0.5, 0.6) is 17.2 Å². The van der Waals surface area contributed by atoms with Gasteiger partial charge in [-0.2, -0.15) is 0 Å². The highest BCUT2D eigenvalue weighted by Gasteiger charge is 2.28. The number of aromatic amines is 2. The standard InChI is InChI=1S/C24H28N2O3.2C14H23NO.C10H7NO3.ClH/c1-23(2,3)16-11-17(24(4,5)6)20(27)12-19(16)26-22(29)15-13-25-18-10-8-7-9-14(18)21(15)28;2*1-13(2,3)9-7-10(14(4,5)6)12(16)8-11(9)15;12-9-6-3-1-2-4-8(6)11-5-7(9)10(13)14;/h7-13,27H,1-6H3,(H,25,28)(H,26,29);2*7-8,16H,15H2,1-6H3;1-5H,(H,11,12)(H,13,14);1H/i1D3,2D3,4D3,5D3,6D3;1D3,2D3,4D3,5D3,6D3,8D;1D3,2D3,4D3,5D3,6D3;;. The molecule has 0 aliphatic rings. The topological polar surface area (TPSA) is 245 Å². The van der Waals surface area contributed by atoms with Crippen molar-refractivity contribution < 1.29 is 93.1 Å². The fourth-order valence-corrected chi connectivity index (χ4v) is 6.85. The molecule has 0 aliphatic heterocycles. The molecule has 0 radical (unpaired) electrons. The van der Waals surface area contributed by atoms with Gasteiger partial charge < -0.3 is 47.2 Å². The molecule has 2 heterocycles. The van der Waals surface area contributed by atoms with Gasteiger partial charge in [0.05, 0.1) is 1.37 Å². The Balaban J connectivity index is 0.000000442. The van der Waals surface area contributed by atoms with Crippen LogP contribution in [0.2, 0.25) is 0 Å². The number of hydrogen-bond donors (Lipinski definition) is 9. The fourth-order valence-electron chi connectivity index (χ4n) is 6.85. The van der Waals surface area contributed by atoms with Crippen molar-refractivity contribution >= 4 is 63.2 Å². The second-order valence-corrected chi connectivity index (χ2v) is 17.3. The number of nitrogen functional groups attached to an aromatic ring is 2. The SMILES string of the molecule is Cl.O=C(O)c1c[nH]c2ccccc2c1=O.[2H]C([2H])([2H])C(C)(c1cc(C(C([2H])([2H])[2H])(C([2H])([2H])[2H])C([2H])([2H])[2H])c(O)cc1N)C([2H])([2H])[2H].[2H]C([2H])([2H])C(C)(c1cc(C(C([2H])([2H])[2H])(C([2H])([2H])[2H])C([2H])([2H])[2H])c(O)cc1NC(=O)c1c[nH]c2ccccc2c1=O)C([2H])([2H])[2H].[2H]c1c(N)c(C(C)(C([2H])([2H])[2H])C([2H])([2H])[2H])cc(C(C([2H])([2H])[2H])(C([2H])([2H])[2H])C([2H])([2H])[2H])c1O. The number of rotatable bonds is 3. The van der Waals surface area contributed by atoms with Gasteiger partial charge in [0.15, 0.2) is 0 Å². The number of nitrogens with two attached hydrogens (primary N) is 2. The zero-order valence-corrected chi connectivity index (χ0v) is 41.0. The van der Waals surface area contributed by atoms with Gasteiger partial charge in [-0.05, 0) is 108 Å². The molecule has 1 amide bonds. The number of phenolic OH excluding ortho intramolecular Hbond substituents is 3. The zero-order chi connectivity index (χ0) is 95.5. The Kier molecular flexibility index (Phi) is 7.11. The Labute approximate surface area is 519 Å². The van der Waals surface area contributed by atoms with Crippen LogP contribution in [0.15, 0.2) is 107 Å². The van der Waals surface area contributed by atoms with E-state index < -0.39 is 237 Å². The van der Waals surface area contributed by atoms with E-state index in [1.807, 2.05) is 0 Å². The van der Waals surface area contributed by atoms with Crippen molar-refractivity contribution in [2.24, 2.45) is 0 Å². The Morgan fingerprint density at radius 2 is 0.882 bits per heavy atom. The van der Waals surface area contributed by atoms with E-state index in [9.17, 15) is 34.5 Å². The van der Waals surface area contributed by atoms with Gasteiger partial charge in [-0.1, -0.05) is 148 Å². The minimum absolute atomic E-state index is 0. The van der Waals surface area contributed by atoms with E-state index in [0.29, 0.717) is 53.7 Å². The first-order valence-corrected chi connectivity index (χ1v) is 21.2. The van der Waals surface area contributed by atoms with Crippen molar-refractivity contribution in [3.05, 3.63) is 162 Å². The molecule has 0 bridgehead atoms. The first kappa shape index (κ1) is 23.2. The van der Waals surface area contributed by atoms with Crippen LogP contribution in [0.3, 0.4) is 0 Å². The number of benzene rings is 5. The number of para-hydroxylation sites is 2. The molecule has 0 spiro atoms. The smallest absolute Gasteiger partial charge is 0.341 e. The van der Waals surface area contributed by atoms with Crippen LogP contribution in [-0.4, -0.2) is 42.3 Å². The van der Waals surface area contributed by atoms with E-state index in [-0.39, 0.29) is 23.4 Å². The predicted molar refractivity (Wildman–Crippen MR) is 317 cm³/mol. The van der Waals surface area contributed by atoms with Gasteiger partial charge in [0, 0.05) is 131 Å². The Morgan fingerprint density at radius 3 is 1.33 bits per heavy atom. The molecule has 11 N–H and O–H groups in total. The molecular weight excluding hydrogens is 978 g/mol. The largest absolute Gasteiger partial charge is 0.508 e. The van der Waals surface area contributed by atoms with Gasteiger partial charge >= 0.3 is 5.97 Å². The number of aromatic carboxylic acids is 1. The fraction of sp³-hybridized carbons (Fsp3) is 0.387. The summed E-state index contributed by atoms with van der Waals surface area (Å²) in [6.45, 7) is -52.5. The molecular formula is C62H82ClN5O8. The number of carboxylic acid groups (broad SMARTS) is 1. The summed E-state index contributed by atoms with van der Waals surface area (Å²) in [5, 5.41) is 43.3. The van der Waals surface area contributed by atoms with Crippen LogP contribution in [0, 0.1) is 0 Å². The second kappa shape index (κ2) is 23.3. The van der Waals surface area contributed by atoms with Crippen molar-refractivity contribution in [1.82, 2.24) is 9.97 Å². The van der Waals surface area contributed by atoms with Crippen LogP contribution < -0.4 is 27.6 Å². The summed E-state index contributed by atoms with van der Waals surface area (Å²) in [7, 11) is 0. The number of pyridine rings is 2. The van der Waals surface area contributed by atoms with Gasteiger partial charge in [0.1, 0.15) is 28.4 Å². The van der Waals surface area contributed by atoms with Crippen molar-refractivity contribution in [3.63, 3.8) is 0 Å². The third kappa shape index (κ3) is 15.4. The van der Waals surface area contributed by atoms with Gasteiger partial charge in [-0.3, -0.25) is 14.4 Å². The second-order valence-electron chi connectivity index (χ2n) is 17.3. The first-order valence-electron chi connectivity index (χ1n) is 44.2. The van der Waals surface area contributed by atoms with Gasteiger partial charge in [-0.25, -0.2) is 4.79 Å². The maximum absolute atomic E-state index is 13.4. The Morgan fingerprint density at radius 1 is 0.513 bits per heavy atom. The first-order chi connectivity index (χ1) is 53.3. The quantitative estimate of drug-likeness (QED) is 0.0758. The molecule has 0 saturated carbocycles.